The number of benzene rings is 1. The molecule has 4 heteroatoms. The number of rotatable bonds is 6. The Morgan fingerprint density at radius 2 is 1.95 bits per heavy atom. The summed E-state index contributed by atoms with van der Waals surface area (Å²) in [7, 11) is 0. The minimum atomic E-state index is -0.973. The van der Waals surface area contributed by atoms with Crippen LogP contribution in [0.25, 0.3) is 11.1 Å². The number of pyridine rings is 1. The van der Waals surface area contributed by atoms with Crippen molar-refractivity contribution in [3.63, 3.8) is 0 Å². The molecule has 21 heavy (non-hydrogen) atoms. The number of nitrogens with two attached hydrogens (primary N) is 1. The fourth-order valence-corrected chi connectivity index (χ4v) is 2.44. The maximum absolute atomic E-state index is 11.5. The molecule has 3 N–H and O–H groups in total. The van der Waals surface area contributed by atoms with Gasteiger partial charge in [-0.15, -0.1) is 0 Å². The van der Waals surface area contributed by atoms with E-state index in [2.05, 4.69) is 11.9 Å². The fourth-order valence-electron chi connectivity index (χ4n) is 2.44. The number of anilines is 1. The molecular weight excluding hydrogens is 264 g/mol. The van der Waals surface area contributed by atoms with E-state index in [-0.39, 0.29) is 11.4 Å². The molecule has 4 nitrogen and oxygen atoms in total. The molecule has 2 rings (SSSR count). The molecule has 0 aliphatic heterocycles. The maximum Gasteiger partial charge on any atom is 0.336 e. The quantitative estimate of drug-likeness (QED) is 0.792. The number of carboxylic acids is 1. The lowest BCUT2D eigenvalue weighted by Gasteiger charge is -2.13. The van der Waals surface area contributed by atoms with Crippen LogP contribution in [-0.4, -0.2) is 16.1 Å². The van der Waals surface area contributed by atoms with Gasteiger partial charge in [0.2, 0.25) is 0 Å². The maximum atomic E-state index is 11.5. The van der Waals surface area contributed by atoms with E-state index in [1.807, 2.05) is 30.3 Å². The number of aromatic nitrogens is 1. The highest BCUT2D eigenvalue weighted by Crippen LogP contribution is 2.29. The molecule has 110 valence electrons. The molecule has 0 bridgehead atoms. The highest BCUT2D eigenvalue weighted by atomic mass is 16.4. The van der Waals surface area contributed by atoms with Crippen molar-refractivity contribution in [1.29, 1.82) is 0 Å². The van der Waals surface area contributed by atoms with Gasteiger partial charge in [0.15, 0.2) is 0 Å². The second kappa shape index (κ2) is 6.88. The van der Waals surface area contributed by atoms with E-state index < -0.39 is 5.97 Å². The van der Waals surface area contributed by atoms with Gasteiger partial charge in [0.25, 0.3) is 0 Å². The number of nitrogen functional groups attached to an aromatic ring is 1. The number of hydrogen-bond donors (Lipinski definition) is 2. The van der Waals surface area contributed by atoms with Crippen LogP contribution in [0.4, 0.5) is 5.82 Å². The molecule has 0 unspecified atom stereocenters. The van der Waals surface area contributed by atoms with Crippen molar-refractivity contribution in [2.24, 2.45) is 0 Å². The summed E-state index contributed by atoms with van der Waals surface area (Å²) in [4.78, 5) is 15.9. The lowest BCUT2D eigenvalue weighted by molar-refractivity contribution is 0.0697. The van der Waals surface area contributed by atoms with Gasteiger partial charge >= 0.3 is 5.97 Å². The molecule has 0 saturated heterocycles. The standard InChI is InChI=1S/C17H20N2O2/c1-2-3-5-10-14-16(12-8-6-4-7-9-12)13(17(20)21)11-15(18)19-14/h4,6-9,11H,2-3,5,10H2,1H3,(H2,18,19)(H,20,21). The van der Waals surface area contributed by atoms with E-state index in [4.69, 9.17) is 5.73 Å². The Kier molecular flexibility index (Phi) is 4.93. The van der Waals surface area contributed by atoms with Gasteiger partial charge in [-0.1, -0.05) is 50.1 Å². The molecule has 0 saturated carbocycles. The first kappa shape index (κ1) is 15.0. The Bertz CT molecular complexity index is 624. The van der Waals surface area contributed by atoms with Crippen molar-refractivity contribution in [3.05, 3.63) is 47.7 Å². The van der Waals surface area contributed by atoms with Crippen molar-refractivity contribution in [2.45, 2.75) is 32.6 Å². The highest BCUT2D eigenvalue weighted by Gasteiger charge is 2.18. The van der Waals surface area contributed by atoms with E-state index in [9.17, 15) is 9.90 Å². The molecular formula is C17H20N2O2. The molecule has 1 aromatic heterocycles. The Morgan fingerprint density at radius 3 is 2.57 bits per heavy atom. The van der Waals surface area contributed by atoms with Crippen LogP contribution in [0, 0.1) is 0 Å². The van der Waals surface area contributed by atoms with Gasteiger partial charge in [-0.25, -0.2) is 9.78 Å². The average Bonchev–Trinajstić information content (AvgIpc) is 2.47. The molecule has 0 radical (unpaired) electrons. The predicted molar refractivity (Wildman–Crippen MR) is 84.3 cm³/mol. The Labute approximate surface area is 124 Å². The number of carboxylic acid groups (broad SMARTS) is 1. The van der Waals surface area contributed by atoms with Gasteiger partial charge in [0.1, 0.15) is 5.82 Å². The van der Waals surface area contributed by atoms with Gasteiger partial charge < -0.3 is 10.8 Å². The number of unbranched alkanes of at least 4 members (excludes halogenated alkanes) is 2. The van der Waals surface area contributed by atoms with Gasteiger partial charge in [-0.3, -0.25) is 0 Å². The molecule has 0 spiro atoms. The zero-order valence-electron chi connectivity index (χ0n) is 12.2. The van der Waals surface area contributed by atoms with Crippen LogP contribution in [0.2, 0.25) is 0 Å². The second-order valence-electron chi connectivity index (χ2n) is 5.04. The Morgan fingerprint density at radius 1 is 1.24 bits per heavy atom. The number of hydrogen-bond acceptors (Lipinski definition) is 3. The number of nitrogens with zero attached hydrogens (tertiary/aromatic N) is 1. The van der Waals surface area contributed by atoms with Gasteiger partial charge in [0, 0.05) is 5.56 Å². The summed E-state index contributed by atoms with van der Waals surface area (Å²) < 4.78 is 0. The van der Waals surface area contributed by atoms with E-state index in [1.54, 1.807) is 0 Å². The minimum Gasteiger partial charge on any atom is -0.478 e. The van der Waals surface area contributed by atoms with Gasteiger partial charge in [0.05, 0.1) is 11.3 Å². The van der Waals surface area contributed by atoms with Crippen LogP contribution in [0.15, 0.2) is 36.4 Å². The van der Waals surface area contributed by atoms with Crippen LogP contribution in [0.5, 0.6) is 0 Å². The minimum absolute atomic E-state index is 0.222. The monoisotopic (exact) mass is 284 g/mol. The number of aromatic carboxylic acids is 1. The molecule has 0 atom stereocenters. The number of carbonyl (C=O) groups is 1. The van der Waals surface area contributed by atoms with Crippen molar-refractivity contribution in [1.82, 2.24) is 4.98 Å². The third-order valence-corrected chi connectivity index (χ3v) is 3.42. The summed E-state index contributed by atoms with van der Waals surface area (Å²) in [6.07, 6.45) is 3.91. The number of aryl methyl sites for hydroxylation is 1. The molecule has 0 amide bonds. The summed E-state index contributed by atoms with van der Waals surface area (Å²) in [5, 5.41) is 9.46. The van der Waals surface area contributed by atoms with Crippen LogP contribution in [-0.2, 0) is 6.42 Å². The zero-order chi connectivity index (χ0) is 15.2. The molecule has 1 heterocycles. The van der Waals surface area contributed by atoms with Crippen molar-refractivity contribution < 1.29 is 9.90 Å². The third-order valence-electron chi connectivity index (χ3n) is 3.42. The highest BCUT2D eigenvalue weighted by molar-refractivity contribution is 5.97. The second-order valence-corrected chi connectivity index (χ2v) is 5.04. The molecule has 0 aliphatic carbocycles. The lowest BCUT2D eigenvalue weighted by atomic mass is 9.95. The van der Waals surface area contributed by atoms with Gasteiger partial charge in [-0.2, -0.15) is 0 Å². The fraction of sp³-hybridized carbons (Fsp3) is 0.294. The topological polar surface area (TPSA) is 76.2 Å². The summed E-state index contributed by atoms with van der Waals surface area (Å²) in [5.41, 5.74) is 8.32. The summed E-state index contributed by atoms with van der Waals surface area (Å²) in [5.74, 6) is -0.710. The summed E-state index contributed by atoms with van der Waals surface area (Å²) in [6, 6.07) is 11.0. The average molecular weight is 284 g/mol. The van der Waals surface area contributed by atoms with E-state index >= 15 is 0 Å². The smallest absolute Gasteiger partial charge is 0.336 e. The SMILES string of the molecule is CCCCCc1nc(N)cc(C(=O)O)c1-c1ccccc1. The largest absolute Gasteiger partial charge is 0.478 e. The first-order chi connectivity index (χ1) is 10.1. The van der Waals surface area contributed by atoms with Crippen LogP contribution in [0.1, 0.15) is 42.2 Å². The molecule has 1 aromatic carbocycles. The normalized spacial score (nSPS) is 10.5. The molecule has 0 aliphatic rings. The third kappa shape index (κ3) is 3.60. The van der Waals surface area contributed by atoms with E-state index in [1.165, 1.54) is 6.07 Å². The van der Waals surface area contributed by atoms with Crippen LogP contribution >= 0.6 is 0 Å². The van der Waals surface area contributed by atoms with Crippen LogP contribution in [0.3, 0.4) is 0 Å². The van der Waals surface area contributed by atoms with E-state index in [0.29, 0.717) is 5.56 Å². The van der Waals surface area contributed by atoms with Crippen molar-refractivity contribution >= 4 is 11.8 Å². The first-order valence-corrected chi connectivity index (χ1v) is 7.21. The summed E-state index contributed by atoms with van der Waals surface area (Å²) in [6.45, 7) is 2.13. The molecule has 2 aromatic rings. The van der Waals surface area contributed by atoms with Crippen molar-refractivity contribution in [3.8, 4) is 11.1 Å². The zero-order valence-corrected chi connectivity index (χ0v) is 12.2. The lowest BCUT2D eigenvalue weighted by Crippen LogP contribution is -2.08. The summed E-state index contributed by atoms with van der Waals surface area (Å²) >= 11 is 0. The first-order valence-electron chi connectivity index (χ1n) is 7.21. The Hall–Kier alpha value is -2.36. The predicted octanol–water partition coefficient (Wildman–Crippen LogP) is 3.76. The van der Waals surface area contributed by atoms with Crippen LogP contribution < -0.4 is 5.73 Å². The Balaban J connectivity index is 2.54. The molecule has 0 fully saturated rings. The van der Waals surface area contributed by atoms with E-state index in [0.717, 1.165) is 36.9 Å². The van der Waals surface area contributed by atoms with Gasteiger partial charge in [-0.05, 0) is 24.5 Å². The van der Waals surface area contributed by atoms with Crippen molar-refractivity contribution in [2.75, 3.05) is 5.73 Å².